The van der Waals surface area contributed by atoms with E-state index in [0.29, 0.717) is 6.54 Å². The second kappa shape index (κ2) is 6.14. The Morgan fingerprint density at radius 2 is 2.29 bits per heavy atom. The quantitative estimate of drug-likeness (QED) is 0.720. The van der Waals surface area contributed by atoms with Gasteiger partial charge in [-0.15, -0.1) is 22.7 Å². The molecule has 0 aliphatic carbocycles. The van der Waals surface area contributed by atoms with Crippen LogP contribution in [0.4, 0.5) is 0 Å². The third-order valence-electron chi connectivity index (χ3n) is 4.33. The number of thiophene rings is 1. The minimum atomic E-state index is -0.263. The molecule has 7 heteroatoms. The second-order valence-corrected chi connectivity index (χ2v) is 8.18. The summed E-state index contributed by atoms with van der Waals surface area (Å²) in [7, 11) is 0. The number of fused-ring (bicyclic) bond motifs is 1. The number of nitrogens with zero attached hydrogens (tertiary/aromatic N) is 4. The van der Waals surface area contributed by atoms with Crippen molar-refractivity contribution in [2.24, 2.45) is 0 Å². The van der Waals surface area contributed by atoms with Gasteiger partial charge < -0.3 is 4.90 Å². The first-order chi connectivity index (χ1) is 11.6. The van der Waals surface area contributed by atoms with Gasteiger partial charge in [-0.1, -0.05) is 0 Å². The van der Waals surface area contributed by atoms with Crippen LogP contribution >= 0.6 is 22.7 Å². The summed E-state index contributed by atoms with van der Waals surface area (Å²) in [6.45, 7) is 5.38. The van der Waals surface area contributed by atoms with Crippen molar-refractivity contribution in [2.75, 3.05) is 6.54 Å². The summed E-state index contributed by atoms with van der Waals surface area (Å²) in [5.74, 6) is 0.126. The summed E-state index contributed by atoms with van der Waals surface area (Å²) in [6, 6.07) is 3.78. The lowest BCUT2D eigenvalue weighted by atomic mass is 10.1. The Bertz CT molecular complexity index is 865. The van der Waals surface area contributed by atoms with Gasteiger partial charge in [-0.2, -0.15) is 5.10 Å². The van der Waals surface area contributed by atoms with E-state index >= 15 is 0 Å². The molecule has 1 unspecified atom stereocenters. The lowest BCUT2D eigenvalue weighted by molar-refractivity contribution is -0.135. The van der Waals surface area contributed by atoms with Gasteiger partial charge >= 0.3 is 0 Å². The Morgan fingerprint density at radius 3 is 3.00 bits per heavy atom. The maximum atomic E-state index is 12.7. The van der Waals surface area contributed by atoms with Gasteiger partial charge in [0.1, 0.15) is 6.04 Å². The Labute approximate surface area is 148 Å². The lowest BCUT2D eigenvalue weighted by Gasteiger charge is -2.29. The number of hydrogen-bond donors (Lipinski definition) is 0. The molecule has 1 aliphatic rings. The van der Waals surface area contributed by atoms with Crippen molar-refractivity contribution >= 4 is 28.6 Å². The highest BCUT2D eigenvalue weighted by molar-refractivity contribution is 7.16. The minimum absolute atomic E-state index is 0.126. The SMILES string of the molecule is Cc1nc(-c2cc3c(s2)CCN(C(=O)C(C)n2cccn2)C3)cs1. The zero-order valence-electron chi connectivity index (χ0n) is 13.6. The molecule has 0 aromatic carbocycles. The zero-order valence-corrected chi connectivity index (χ0v) is 15.2. The maximum absolute atomic E-state index is 12.7. The molecular formula is C17H18N4OS2. The summed E-state index contributed by atoms with van der Waals surface area (Å²) in [5.41, 5.74) is 2.31. The fraction of sp³-hybridized carbons (Fsp3) is 0.353. The zero-order chi connectivity index (χ0) is 16.7. The number of hydrogen-bond acceptors (Lipinski definition) is 5. The van der Waals surface area contributed by atoms with E-state index in [0.717, 1.165) is 23.7 Å². The van der Waals surface area contributed by atoms with Crippen LogP contribution in [-0.2, 0) is 17.8 Å². The average Bonchev–Trinajstić information content (AvgIpc) is 3.32. The van der Waals surface area contributed by atoms with E-state index in [1.165, 1.54) is 15.3 Å². The molecule has 0 saturated carbocycles. The topological polar surface area (TPSA) is 51.0 Å². The molecule has 5 nitrogen and oxygen atoms in total. The van der Waals surface area contributed by atoms with Crippen LogP contribution in [-0.4, -0.2) is 32.1 Å². The van der Waals surface area contributed by atoms with E-state index < -0.39 is 0 Å². The van der Waals surface area contributed by atoms with Crippen LogP contribution in [0.25, 0.3) is 10.6 Å². The van der Waals surface area contributed by atoms with E-state index in [9.17, 15) is 4.79 Å². The molecule has 1 aliphatic heterocycles. The van der Waals surface area contributed by atoms with Gasteiger partial charge in [-0.3, -0.25) is 9.48 Å². The summed E-state index contributed by atoms with van der Waals surface area (Å²) in [4.78, 5) is 21.9. The van der Waals surface area contributed by atoms with Gasteiger partial charge in [-0.25, -0.2) is 4.98 Å². The van der Waals surface area contributed by atoms with Gasteiger partial charge in [0.05, 0.1) is 15.6 Å². The van der Waals surface area contributed by atoms with E-state index in [2.05, 4.69) is 21.5 Å². The van der Waals surface area contributed by atoms with Crippen molar-refractivity contribution in [3.05, 3.63) is 45.4 Å². The highest BCUT2D eigenvalue weighted by atomic mass is 32.1. The van der Waals surface area contributed by atoms with Crippen molar-refractivity contribution in [3.63, 3.8) is 0 Å². The lowest BCUT2D eigenvalue weighted by Crippen LogP contribution is -2.39. The van der Waals surface area contributed by atoms with Gasteiger partial charge in [0.2, 0.25) is 5.91 Å². The molecule has 0 saturated heterocycles. The smallest absolute Gasteiger partial charge is 0.247 e. The standard InChI is InChI=1S/C17H18N4OS2/c1-11(21-6-3-5-18-21)17(22)20-7-4-15-13(9-20)8-16(24-15)14-10-23-12(2)19-14/h3,5-6,8,10-11H,4,7,9H2,1-2H3. The predicted molar refractivity (Wildman–Crippen MR) is 96.2 cm³/mol. The molecule has 0 spiro atoms. The molecule has 0 bridgehead atoms. The first-order valence-corrected chi connectivity index (χ1v) is 9.63. The second-order valence-electron chi connectivity index (χ2n) is 5.98. The van der Waals surface area contributed by atoms with Crippen LogP contribution in [0.3, 0.4) is 0 Å². The van der Waals surface area contributed by atoms with Crippen LogP contribution in [0.15, 0.2) is 29.9 Å². The number of rotatable bonds is 3. The number of carbonyl (C=O) groups excluding carboxylic acids is 1. The number of carbonyl (C=O) groups is 1. The van der Waals surface area contributed by atoms with Crippen molar-refractivity contribution in [1.82, 2.24) is 19.7 Å². The number of amides is 1. The molecule has 0 N–H and O–H groups in total. The van der Waals surface area contributed by atoms with E-state index in [4.69, 9.17) is 0 Å². The summed E-state index contributed by atoms with van der Waals surface area (Å²) in [5, 5.41) is 7.38. The molecule has 124 valence electrons. The number of aromatic nitrogens is 3. The molecular weight excluding hydrogens is 340 g/mol. The molecule has 3 aromatic heterocycles. The Balaban J connectivity index is 1.53. The van der Waals surface area contributed by atoms with Crippen LogP contribution in [0.1, 0.15) is 28.4 Å². The average molecular weight is 358 g/mol. The first-order valence-electron chi connectivity index (χ1n) is 7.94. The van der Waals surface area contributed by atoms with Gasteiger partial charge in [0, 0.05) is 35.7 Å². The minimum Gasteiger partial charge on any atom is -0.336 e. The van der Waals surface area contributed by atoms with Gasteiger partial charge in [-0.05, 0) is 38.0 Å². The van der Waals surface area contributed by atoms with Gasteiger partial charge in [0.25, 0.3) is 0 Å². The molecule has 1 amide bonds. The highest BCUT2D eigenvalue weighted by Gasteiger charge is 2.27. The van der Waals surface area contributed by atoms with Gasteiger partial charge in [0.15, 0.2) is 0 Å². The van der Waals surface area contributed by atoms with Crippen molar-refractivity contribution < 1.29 is 4.79 Å². The Morgan fingerprint density at radius 1 is 1.42 bits per heavy atom. The van der Waals surface area contributed by atoms with E-state index in [1.54, 1.807) is 22.2 Å². The molecule has 4 rings (SSSR count). The largest absolute Gasteiger partial charge is 0.336 e. The number of thiazole rings is 1. The van der Waals surface area contributed by atoms with Crippen LogP contribution in [0.5, 0.6) is 0 Å². The van der Waals surface area contributed by atoms with Crippen molar-refractivity contribution in [3.8, 4) is 10.6 Å². The molecule has 0 radical (unpaired) electrons. The third-order valence-corrected chi connectivity index (χ3v) is 6.36. The van der Waals surface area contributed by atoms with Crippen LogP contribution in [0, 0.1) is 6.92 Å². The molecule has 0 fully saturated rings. The Kier molecular flexibility index (Phi) is 3.97. The predicted octanol–water partition coefficient (Wildman–Crippen LogP) is 3.52. The molecule has 1 atom stereocenters. The Hall–Kier alpha value is -1.99. The normalized spacial score (nSPS) is 15.3. The van der Waals surface area contributed by atoms with Crippen molar-refractivity contribution in [1.29, 1.82) is 0 Å². The summed E-state index contributed by atoms with van der Waals surface area (Å²) in [6.07, 6.45) is 4.46. The van der Waals surface area contributed by atoms with E-state index in [1.807, 2.05) is 42.3 Å². The monoisotopic (exact) mass is 358 g/mol. The fourth-order valence-electron chi connectivity index (χ4n) is 3.01. The molecule has 3 aromatic rings. The van der Waals surface area contributed by atoms with E-state index in [-0.39, 0.29) is 11.9 Å². The van der Waals surface area contributed by atoms with Crippen molar-refractivity contribution in [2.45, 2.75) is 32.9 Å². The third kappa shape index (κ3) is 2.78. The summed E-state index contributed by atoms with van der Waals surface area (Å²) < 4.78 is 1.72. The highest BCUT2D eigenvalue weighted by Crippen LogP contribution is 2.35. The summed E-state index contributed by atoms with van der Waals surface area (Å²) >= 11 is 3.48. The molecule has 4 heterocycles. The fourth-order valence-corrected chi connectivity index (χ4v) is 4.82. The van der Waals surface area contributed by atoms with Crippen LogP contribution < -0.4 is 0 Å². The first kappa shape index (κ1) is 15.5. The van der Waals surface area contributed by atoms with Crippen LogP contribution in [0.2, 0.25) is 0 Å². The maximum Gasteiger partial charge on any atom is 0.247 e. The molecule has 24 heavy (non-hydrogen) atoms. The number of aryl methyl sites for hydroxylation is 1.